The highest BCUT2D eigenvalue weighted by molar-refractivity contribution is 5.73. The fraction of sp³-hybridized carbons (Fsp3) is 0.979. The number of aliphatic hydroxyl groups is 3. The van der Waals surface area contributed by atoms with Crippen molar-refractivity contribution in [2.45, 2.75) is 228 Å². The SMILES string of the molecule is COC1CC(CC2OC(O)(C(O)C(=O)O)C(C)C(OC)C2(C)OC)OC2(OC(C)(C3CCC(C4CCC(C5OC(C)(O)C(C)C(OCC6CCCCC6)C5C)O4)O3)C(OC)C2C)C1C. The van der Waals surface area contributed by atoms with Gasteiger partial charge in [0.2, 0.25) is 11.9 Å². The number of carbonyl (C=O) groups is 1. The van der Waals surface area contributed by atoms with Gasteiger partial charge in [0.15, 0.2) is 11.6 Å². The first-order chi connectivity index (χ1) is 30.1. The van der Waals surface area contributed by atoms with Crippen LogP contribution in [0.1, 0.15) is 126 Å². The van der Waals surface area contributed by atoms with Crippen LogP contribution in [0.25, 0.3) is 0 Å². The average molecular weight is 915 g/mol. The second kappa shape index (κ2) is 19.4. The van der Waals surface area contributed by atoms with Crippen molar-refractivity contribution in [3.63, 3.8) is 0 Å². The van der Waals surface area contributed by atoms with Crippen molar-refractivity contribution in [2.75, 3.05) is 35.0 Å². The number of carboxylic acids is 1. The molecule has 1 saturated carbocycles. The van der Waals surface area contributed by atoms with E-state index in [9.17, 15) is 25.2 Å². The average Bonchev–Trinajstić information content (AvgIpc) is 4.01. The summed E-state index contributed by atoms with van der Waals surface area (Å²) in [5.41, 5.74) is -2.12. The van der Waals surface area contributed by atoms with Crippen molar-refractivity contribution in [1.29, 1.82) is 0 Å². The number of ether oxygens (including phenoxy) is 11. The van der Waals surface area contributed by atoms with Crippen molar-refractivity contribution in [1.82, 2.24) is 0 Å². The van der Waals surface area contributed by atoms with E-state index < -0.39 is 71.0 Å². The summed E-state index contributed by atoms with van der Waals surface area (Å²) in [5.74, 6) is -7.81. The summed E-state index contributed by atoms with van der Waals surface area (Å²) in [6, 6.07) is 0. The normalized spacial score (nSPS) is 52.0. The van der Waals surface area contributed by atoms with Gasteiger partial charge >= 0.3 is 5.97 Å². The second-order valence-electron chi connectivity index (χ2n) is 21.3. The molecule has 64 heavy (non-hydrogen) atoms. The van der Waals surface area contributed by atoms with Gasteiger partial charge in [0.1, 0.15) is 11.2 Å². The zero-order valence-electron chi connectivity index (χ0n) is 40.6. The zero-order chi connectivity index (χ0) is 46.7. The molecule has 0 aromatic carbocycles. The van der Waals surface area contributed by atoms with Gasteiger partial charge in [-0.3, -0.25) is 0 Å². The van der Waals surface area contributed by atoms with Gasteiger partial charge in [-0.15, -0.1) is 0 Å². The predicted octanol–water partition coefficient (Wildman–Crippen LogP) is 4.98. The van der Waals surface area contributed by atoms with Crippen LogP contribution in [0.5, 0.6) is 0 Å². The molecule has 7 aliphatic rings. The van der Waals surface area contributed by atoms with E-state index in [1.54, 1.807) is 35.0 Å². The number of rotatable bonds is 14. The lowest BCUT2D eigenvalue weighted by Crippen LogP contribution is -2.72. The van der Waals surface area contributed by atoms with E-state index in [1.165, 1.54) is 46.3 Å². The second-order valence-corrected chi connectivity index (χ2v) is 21.3. The number of carboxylic acid groups (broad SMARTS) is 1. The van der Waals surface area contributed by atoms with Crippen molar-refractivity contribution in [3.05, 3.63) is 0 Å². The Kier molecular flexibility index (Phi) is 15.4. The van der Waals surface area contributed by atoms with Crippen molar-refractivity contribution in [3.8, 4) is 0 Å². The third-order valence-electron chi connectivity index (χ3n) is 17.6. The van der Waals surface area contributed by atoms with Gasteiger partial charge in [0.05, 0.1) is 67.1 Å². The smallest absolute Gasteiger partial charge is 0.338 e. The van der Waals surface area contributed by atoms with Crippen LogP contribution < -0.4 is 0 Å². The molecule has 1 spiro atoms. The van der Waals surface area contributed by atoms with E-state index in [4.69, 9.17) is 52.1 Å². The van der Waals surface area contributed by atoms with Gasteiger partial charge in [-0.05, 0) is 65.2 Å². The molecule has 0 amide bonds. The summed E-state index contributed by atoms with van der Waals surface area (Å²) < 4.78 is 72.0. The molecule has 6 aliphatic heterocycles. The summed E-state index contributed by atoms with van der Waals surface area (Å²) in [6.45, 7) is 16.2. The molecule has 0 aromatic heterocycles. The molecule has 16 heteroatoms. The maximum absolute atomic E-state index is 12.0. The Balaban J connectivity index is 1.06. The summed E-state index contributed by atoms with van der Waals surface area (Å²) in [5, 5.41) is 43.8. The van der Waals surface area contributed by atoms with Crippen LogP contribution in [0, 0.1) is 35.5 Å². The van der Waals surface area contributed by atoms with Crippen LogP contribution in [0.15, 0.2) is 0 Å². The molecule has 0 bridgehead atoms. The molecular weight excluding hydrogens is 833 g/mol. The third kappa shape index (κ3) is 8.77. The maximum Gasteiger partial charge on any atom is 0.338 e. The Morgan fingerprint density at radius 1 is 0.734 bits per heavy atom. The Morgan fingerprint density at radius 3 is 2.00 bits per heavy atom. The molecule has 0 radical (unpaired) electrons. The molecule has 22 unspecified atom stereocenters. The number of hydrogen-bond donors (Lipinski definition) is 4. The number of aliphatic carboxylic acids is 1. The molecule has 4 N–H and O–H groups in total. The first kappa shape index (κ1) is 50.8. The van der Waals surface area contributed by atoms with E-state index in [1.807, 2.05) is 13.8 Å². The first-order valence-electron chi connectivity index (χ1n) is 24.3. The molecule has 370 valence electrons. The molecule has 6 heterocycles. The van der Waals surface area contributed by atoms with Crippen LogP contribution in [0.4, 0.5) is 0 Å². The van der Waals surface area contributed by atoms with Crippen LogP contribution in [0.3, 0.4) is 0 Å². The van der Waals surface area contributed by atoms with E-state index in [2.05, 4.69) is 20.8 Å². The van der Waals surface area contributed by atoms with Crippen LogP contribution >= 0.6 is 0 Å². The van der Waals surface area contributed by atoms with Gasteiger partial charge < -0.3 is 72.5 Å². The maximum atomic E-state index is 12.0. The number of hydrogen-bond acceptors (Lipinski definition) is 15. The van der Waals surface area contributed by atoms with Gasteiger partial charge in [-0.2, -0.15) is 0 Å². The lowest BCUT2D eigenvalue weighted by molar-refractivity contribution is -0.389. The largest absolute Gasteiger partial charge is 0.479 e. The highest BCUT2D eigenvalue weighted by Crippen LogP contribution is 2.57. The summed E-state index contributed by atoms with van der Waals surface area (Å²) in [6.07, 6.45) is 2.97. The quantitative estimate of drug-likeness (QED) is 0.182. The molecule has 7 rings (SSSR count). The predicted molar refractivity (Wildman–Crippen MR) is 231 cm³/mol. The topological polar surface area (TPSA) is 200 Å². The fourth-order valence-corrected chi connectivity index (χ4v) is 13.5. The van der Waals surface area contributed by atoms with E-state index in [0.29, 0.717) is 25.4 Å². The monoisotopic (exact) mass is 915 g/mol. The highest BCUT2D eigenvalue weighted by Gasteiger charge is 2.70. The van der Waals surface area contributed by atoms with Crippen LogP contribution in [0.2, 0.25) is 0 Å². The Labute approximate surface area is 380 Å². The molecule has 22 atom stereocenters. The molecule has 0 aromatic rings. The minimum atomic E-state index is -2.49. The van der Waals surface area contributed by atoms with E-state index in [-0.39, 0.29) is 72.8 Å². The van der Waals surface area contributed by atoms with Gasteiger partial charge in [0.25, 0.3) is 0 Å². The number of methoxy groups -OCH3 is 4. The summed E-state index contributed by atoms with van der Waals surface area (Å²) in [7, 11) is 6.32. The molecule has 6 saturated heterocycles. The number of aliphatic hydroxyl groups excluding tert-OH is 1. The summed E-state index contributed by atoms with van der Waals surface area (Å²) >= 11 is 0. The highest BCUT2D eigenvalue weighted by atomic mass is 16.7. The molecule has 16 nitrogen and oxygen atoms in total. The Bertz CT molecular complexity index is 1580. The third-order valence-corrected chi connectivity index (χ3v) is 17.6. The summed E-state index contributed by atoms with van der Waals surface area (Å²) in [4.78, 5) is 12.0. The Hall–Kier alpha value is -1.09. The fourth-order valence-electron chi connectivity index (χ4n) is 13.5. The van der Waals surface area contributed by atoms with Crippen molar-refractivity contribution in [2.24, 2.45) is 35.5 Å². The first-order valence-corrected chi connectivity index (χ1v) is 24.3. The minimum absolute atomic E-state index is 0.0309. The Morgan fingerprint density at radius 2 is 1.38 bits per heavy atom. The van der Waals surface area contributed by atoms with Crippen molar-refractivity contribution >= 4 is 5.97 Å². The van der Waals surface area contributed by atoms with Crippen LogP contribution in [-0.2, 0) is 56.9 Å². The molecular formula is C48H82O16. The van der Waals surface area contributed by atoms with Gasteiger partial charge in [-0.1, -0.05) is 53.9 Å². The molecule has 7 fully saturated rings. The van der Waals surface area contributed by atoms with Crippen LogP contribution in [-0.4, -0.2) is 163 Å². The molecule has 1 aliphatic carbocycles. The standard InChI is InChI=1S/C48H82O16/c1-25-38(58-24-30-16-14-13-15-17-30)27(3)46(8,52)63-39(25)34-19-18-32(59-34)33-20-21-36(60-33)45(7)42(56-11)29(5)48(64-45)26(2)35(54-9)22-31(61-48)23-37-44(6,57-12)41(55-10)28(4)47(53,62-37)40(49)43(50)51/h25-42,49,52-53H,13-24H2,1-12H3,(H,50,51). The zero-order valence-corrected chi connectivity index (χ0v) is 40.6. The van der Waals surface area contributed by atoms with E-state index in [0.717, 1.165) is 19.3 Å². The lowest BCUT2D eigenvalue weighted by atomic mass is 9.73. The van der Waals surface area contributed by atoms with E-state index >= 15 is 0 Å². The van der Waals surface area contributed by atoms with Gasteiger partial charge in [-0.25, -0.2) is 4.79 Å². The van der Waals surface area contributed by atoms with Crippen molar-refractivity contribution < 1.29 is 77.3 Å². The lowest BCUT2D eigenvalue weighted by Gasteiger charge is -2.56. The van der Waals surface area contributed by atoms with Gasteiger partial charge in [0, 0.05) is 77.5 Å². The minimum Gasteiger partial charge on any atom is -0.479 e.